The van der Waals surface area contributed by atoms with E-state index in [1.165, 1.54) is 0 Å². The minimum atomic E-state index is -0.799. The van der Waals surface area contributed by atoms with Gasteiger partial charge in [-0.25, -0.2) is 0 Å². The summed E-state index contributed by atoms with van der Waals surface area (Å²) in [5.41, 5.74) is 0. The molecule has 6 heteroatoms. The van der Waals surface area contributed by atoms with E-state index in [-0.39, 0.29) is 30.5 Å². The zero-order valence-corrected chi connectivity index (χ0v) is 13.0. The van der Waals surface area contributed by atoms with Crippen LogP contribution in [0.5, 0.6) is 0 Å². The molecule has 0 aromatic carbocycles. The molecule has 0 radical (unpaired) electrons. The molecule has 1 aliphatic carbocycles. The van der Waals surface area contributed by atoms with E-state index in [4.69, 9.17) is 9.84 Å². The van der Waals surface area contributed by atoms with Crippen molar-refractivity contribution in [2.75, 3.05) is 33.3 Å². The van der Waals surface area contributed by atoms with E-state index in [0.29, 0.717) is 6.61 Å². The Balaban J connectivity index is 1.81. The van der Waals surface area contributed by atoms with Crippen molar-refractivity contribution in [3.05, 3.63) is 0 Å². The van der Waals surface area contributed by atoms with Crippen molar-refractivity contribution < 1.29 is 19.4 Å². The first-order valence-corrected chi connectivity index (χ1v) is 7.85. The van der Waals surface area contributed by atoms with Gasteiger partial charge in [0.05, 0.1) is 18.6 Å². The lowest BCUT2D eigenvalue weighted by molar-refractivity contribution is -0.138. The Hall–Kier alpha value is -1.14. The highest BCUT2D eigenvalue weighted by Crippen LogP contribution is 2.36. The minimum Gasteiger partial charge on any atom is -0.480 e. The van der Waals surface area contributed by atoms with Gasteiger partial charge >= 0.3 is 5.97 Å². The molecule has 0 spiro atoms. The second-order valence-corrected chi connectivity index (χ2v) is 6.05. The van der Waals surface area contributed by atoms with Gasteiger partial charge in [-0.1, -0.05) is 0 Å². The molecule has 1 saturated carbocycles. The molecule has 6 nitrogen and oxygen atoms in total. The van der Waals surface area contributed by atoms with Gasteiger partial charge in [0, 0.05) is 25.7 Å². The summed E-state index contributed by atoms with van der Waals surface area (Å²) in [4.78, 5) is 27.0. The Labute approximate surface area is 126 Å². The maximum atomic E-state index is 12.4. The number of amides is 1. The van der Waals surface area contributed by atoms with Crippen LogP contribution < -0.4 is 0 Å². The molecule has 0 aromatic heterocycles. The number of rotatable bonds is 6. The maximum absolute atomic E-state index is 12.4. The van der Waals surface area contributed by atoms with Crippen molar-refractivity contribution in [1.29, 1.82) is 0 Å². The molecule has 3 unspecified atom stereocenters. The highest BCUT2D eigenvalue weighted by Gasteiger charge is 2.46. The third-order valence-corrected chi connectivity index (χ3v) is 4.45. The van der Waals surface area contributed by atoms with Gasteiger partial charge in [-0.3, -0.25) is 14.5 Å². The molecule has 1 N–H and O–H groups in total. The molecule has 1 amide bonds. The largest absolute Gasteiger partial charge is 0.480 e. The number of carboxylic acids is 1. The highest BCUT2D eigenvalue weighted by atomic mass is 16.5. The molecule has 2 aliphatic rings. The second-order valence-electron chi connectivity index (χ2n) is 6.05. The number of likely N-dealkylation sites (tertiary alicyclic amines) is 1. The monoisotopic (exact) mass is 298 g/mol. The molecular formula is C15H26N2O4. The summed E-state index contributed by atoms with van der Waals surface area (Å²) in [6.07, 6.45) is 3.71. The summed E-state index contributed by atoms with van der Waals surface area (Å²) in [5, 5.41) is 8.87. The SMILES string of the molecule is CCOC1CC1C(=O)N1CCCC(N(C)CC(=O)O)CC1. The van der Waals surface area contributed by atoms with E-state index < -0.39 is 5.97 Å². The van der Waals surface area contributed by atoms with Gasteiger partial charge in [0.1, 0.15) is 0 Å². The van der Waals surface area contributed by atoms with Crippen LogP contribution in [0.25, 0.3) is 0 Å². The first-order valence-electron chi connectivity index (χ1n) is 7.85. The van der Waals surface area contributed by atoms with Crippen LogP contribution >= 0.6 is 0 Å². The van der Waals surface area contributed by atoms with Crippen LogP contribution in [0.4, 0.5) is 0 Å². The summed E-state index contributed by atoms with van der Waals surface area (Å²) in [6, 6.07) is 0.251. The summed E-state index contributed by atoms with van der Waals surface area (Å²) >= 11 is 0. The molecule has 1 heterocycles. The third kappa shape index (κ3) is 4.41. The van der Waals surface area contributed by atoms with Crippen LogP contribution in [0.1, 0.15) is 32.6 Å². The Morgan fingerprint density at radius 2 is 2.10 bits per heavy atom. The van der Waals surface area contributed by atoms with Gasteiger partial charge in [-0.2, -0.15) is 0 Å². The lowest BCUT2D eigenvalue weighted by atomic mass is 10.1. The lowest BCUT2D eigenvalue weighted by Crippen LogP contribution is -2.38. The molecule has 0 bridgehead atoms. The zero-order valence-electron chi connectivity index (χ0n) is 13.0. The fourth-order valence-electron chi connectivity index (χ4n) is 3.15. The molecule has 3 atom stereocenters. The predicted octanol–water partition coefficient (Wildman–Crippen LogP) is 0.809. The van der Waals surface area contributed by atoms with E-state index in [0.717, 1.165) is 38.8 Å². The lowest BCUT2D eigenvalue weighted by Gasteiger charge is -2.25. The number of carboxylic acid groups (broad SMARTS) is 1. The molecule has 21 heavy (non-hydrogen) atoms. The molecule has 1 aliphatic heterocycles. The molecular weight excluding hydrogens is 272 g/mol. The smallest absolute Gasteiger partial charge is 0.317 e. The van der Waals surface area contributed by atoms with E-state index >= 15 is 0 Å². The Bertz CT molecular complexity index is 388. The van der Waals surface area contributed by atoms with Crippen molar-refractivity contribution in [2.45, 2.75) is 44.8 Å². The van der Waals surface area contributed by atoms with Crippen LogP contribution in [0.3, 0.4) is 0 Å². The van der Waals surface area contributed by atoms with E-state index in [2.05, 4.69) is 0 Å². The number of ether oxygens (including phenoxy) is 1. The Morgan fingerprint density at radius 3 is 2.76 bits per heavy atom. The van der Waals surface area contributed by atoms with Gasteiger partial charge in [0.25, 0.3) is 0 Å². The van der Waals surface area contributed by atoms with Crippen LogP contribution in [-0.4, -0.2) is 72.2 Å². The van der Waals surface area contributed by atoms with Crippen molar-refractivity contribution >= 4 is 11.9 Å². The average molecular weight is 298 g/mol. The first kappa shape index (κ1) is 16.2. The van der Waals surface area contributed by atoms with Crippen LogP contribution in [0.15, 0.2) is 0 Å². The standard InChI is InChI=1S/C15H26N2O4/c1-3-21-13-9-12(13)15(20)17-7-4-5-11(6-8-17)16(2)10-14(18)19/h11-13H,3-10H2,1-2H3,(H,18,19). The van der Waals surface area contributed by atoms with Crippen LogP contribution in [0, 0.1) is 5.92 Å². The van der Waals surface area contributed by atoms with Gasteiger partial charge < -0.3 is 14.7 Å². The molecule has 120 valence electrons. The van der Waals surface area contributed by atoms with Gasteiger partial charge in [-0.15, -0.1) is 0 Å². The van der Waals surface area contributed by atoms with Crippen molar-refractivity contribution in [2.24, 2.45) is 5.92 Å². The van der Waals surface area contributed by atoms with E-state index in [1.807, 2.05) is 23.8 Å². The highest BCUT2D eigenvalue weighted by molar-refractivity contribution is 5.82. The number of hydrogen-bond acceptors (Lipinski definition) is 4. The number of carbonyl (C=O) groups is 2. The molecule has 2 fully saturated rings. The van der Waals surface area contributed by atoms with Crippen molar-refractivity contribution in [3.63, 3.8) is 0 Å². The predicted molar refractivity (Wildman–Crippen MR) is 78.0 cm³/mol. The van der Waals surface area contributed by atoms with Crippen LogP contribution in [0.2, 0.25) is 0 Å². The minimum absolute atomic E-state index is 0.0539. The number of hydrogen-bond donors (Lipinski definition) is 1. The molecule has 1 saturated heterocycles. The second kappa shape index (κ2) is 7.22. The number of likely N-dealkylation sites (N-methyl/N-ethyl adjacent to an activating group) is 1. The van der Waals surface area contributed by atoms with E-state index in [1.54, 1.807) is 0 Å². The van der Waals surface area contributed by atoms with Gasteiger partial charge in [0.15, 0.2) is 0 Å². The fourth-order valence-corrected chi connectivity index (χ4v) is 3.15. The topological polar surface area (TPSA) is 70.1 Å². The summed E-state index contributed by atoms with van der Waals surface area (Å²) in [5.74, 6) is -0.527. The zero-order chi connectivity index (χ0) is 15.4. The van der Waals surface area contributed by atoms with Crippen LogP contribution in [-0.2, 0) is 14.3 Å². The summed E-state index contributed by atoms with van der Waals surface area (Å²) in [6.45, 7) is 4.19. The fraction of sp³-hybridized carbons (Fsp3) is 0.867. The average Bonchev–Trinajstić information content (AvgIpc) is 3.19. The Kier molecular flexibility index (Phi) is 5.58. The van der Waals surface area contributed by atoms with Crippen molar-refractivity contribution in [3.8, 4) is 0 Å². The normalized spacial score (nSPS) is 29.3. The number of nitrogens with zero attached hydrogens (tertiary/aromatic N) is 2. The third-order valence-electron chi connectivity index (χ3n) is 4.45. The van der Waals surface area contributed by atoms with Gasteiger partial charge in [-0.05, 0) is 39.7 Å². The maximum Gasteiger partial charge on any atom is 0.317 e. The van der Waals surface area contributed by atoms with Crippen molar-refractivity contribution in [1.82, 2.24) is 9.80 Å². The molecule has 2 rings (SSSR count). The number of aliphatic carboxylic acids is 1. The molecule has 0 aromatic rings. The quantitative estimate of drug-likeness (QED) is 0.786. The van der Waals surface area contributed by atoms with Gasteiger partial charge in [0.2, 0.25) is 5.91 Å². The Morgan fingerprint density at radius 1 is 1.33 bits per heavy atom. The summed E-state index contributed by atoms with van der Waals surface area (Å²) < 4.78 is 5.49. The summed E-state index contributed by atoms with van der Waals surface area (Å²) in [7, 11) is 1.85. The van der Waals surface area contributed by atoms with E-state index in [9.17, 15) is 9.59 Å². The first-order chi connectivity index (χ1) is 10.0. The number of carbonyl (C=O) groups excluding carboxylic acids is 1.